The van der Waals surface area contributed by atoms with Gasteiger partial charge in [0, 0.05) is 17.6 Å². The molecule has 2 atom stereocenters. The molecule has 5 heteroatoms. The van der Waals surface area contributed by atoms with Crippen molar-refractivity contribution in [3.8, 4) is 11.5 Å². The highest BCUT2D eigenvalue weighted by Crippen LogP contribution is 2.36. The van der Waals surface area contributed by atoms with Gasteiger partial charge in [0.1, 0.15) is 12.7 Å². The van der Waals surface area contributed by atoms with Crippen molar-refractivity contribution in [2.75, 3.05) is 13.2 Å². The quantitative estimate of drug-likeness (QED) is 0.817. The van der Waals surface area contributed by atoms with Crippen LogP contribution >= 0.6 is 11.6 Å². The van der Waals surface area contributed by atoms with Crippen molar-refractivity contribution in [2.24, 2.45) is 5.73 Å². The van der Waals surface area contributed by atoms with Crippen molar-refractivity contribution >= 4 is 11.6 Å². The number of hydrogen-bond donors (Lipinski definition) is 2. The van der Waals surface area contributed by atoms with Crippen LogP contribution < -0.4 is 15.2 Å². The second-order valence-corrected chi connectivity index (χ2v) is 4.23. The standard InChI is InChI=1S/C11H14ClNO3/c1-6-2-9-10(3-7(6)12)16-11(5-15-9)8(14)4-13/h2-3,8,11,14H,4-5,13H2,1H3. The van der Waals surface area contributed by atoms with Crippen LogP contribution in [0.3, 0.4) is 0 Å². The van der Waals surface area contributed by atoms with E-state index in [1.54, 1.807) is 6.07 Å². The Labute approximate surface area is 98.9 Å². The number of aliphatic hydroxyl groups excluding tert-OH is 1. The predicted molar refractivity (Wildman–Crippen MR) is 61.2 cm³/mol. The summed E-state index contributed by atoms with van der Waals surface area (Å²) in [6, 6.07) is 3.52. The minimum atomic E-state index is -0.728. The fraction of sp³-hybridized carbons (Fsp3) is 0.455. The number of ether oxygens (including phenoxy) is 2. The second kappa shape index (κ2) is 4.49. The number of hydrogen-bond acceptors (Lipinski definition) is 4. The van der Waals surface area contributed by atoms with Crippen molar-refractivity contribution in [3.63, 3.8) is 0 Å². The molecule has 1 aromatic rings. The molecule has 1 aliphatic heterocycles. The number of rotatable bonds is 2. The summed E-state index contributed by atoms with van der Waals surface area (Å²) in [5.74, 6) is 1.21. The molecule has 1 heterocycles. The number of benzene rings is 1. The van der Waals surface area contributed by atoms with Crippen LogP contribution in [0.2, 0.25) is 5.02 Å². The van der Waals surface area contributed by atoms with Crippen molar-refractivity contribution in [1.82, 2.24) is 0 Å². The van der Waals surface area contributed by atoms with Crippen molar-refractivity contribution in [3.05, 3.63) is 22.7 Å². The van der Waals surface area contributed by atoms with Gasteiger partial charge in [-0.3, -0.25) is 0 Å². The third-order valence-electron chi connectivity index (χ3n) is 2.58. The maximum absolute atomic E-state index is 9.57. The predicted octanol–water partition coefficient (Wildman–Crippen LogP) is 1.11. The molecule has 0 aliphatic carbocycles. The highest BCUT2D eigenvalue weighted by Gasteiger charge is 2.27. The summed E-state index contributed by atoms with van der Waals surface area (Å²) in [5, 5.41) is 10.2. The molecule has 1 aromatic carbocycles. The minimum absolute atomic E-state index is 0.142. The van der Waals surface area contributed by atoms with Gasteiger partial charge in [-0.2, -0.15) is 0 Å². The van der Waals surface area contributed by atoms with E-state index in [1.807, 2.05) is 13.0 Å². The highest BCUT2D eigenvalue weighted by atomic mass is 35.5. The first kappa shape index (κ1) is 11.5. The Balaban J connectivity index is 2.23. The Kier molecular flexibility index (Phi) is 3.23. The van der Waals surface area contributed by atoms with Crippen LogP contribution in [0.1, 0.15) is 5.56 Å². The molecule has 0 saturated heterocycles. The SMILES string of the molecule is Cc1cc2c(cc1Cl)OC(C(O)CN)CO2. The molecule has 2 unspecified atom stereocenters. The van der Waals surface area contributed by atoms with Gasteiger partial charge in [-0.25, -0.2) is 0 Å². The molecule has 0 radical (unpaired) electrons. The summed E-state index contributed by atoms with van der Waals surface area (Å²) >= 11 is 5.98. The number of nitrogens with two attached hydrogens (primary N) is 1. The van der Waals surface area contributed by atoms with Gasteiger partial charge < -0.3 is 20.3 Å². The maximum Gasteiger partial charge on any atom is 0.163 e. The molecular weight excluding hydrogens is 230 g/mol. The molecule has 0 aromatic heterocycles. The van der Waals surface area contributed by atoms with Crippen LogP contribution in [0.15, 0.2) is 12.1 Å². The van der Waals surface area contributed by atoms with Gasteiger partial charge in [0.2, 0.25) is 0 Å². The van der Waals surface area contributed by atoms with Crippen molar-refractivity contribution in [2.45, 2.75) is 19.1 Å². The molecule has 0 amide bonds. The maximum atomic E-state index is 9.57. The van der Waals surface area contributed by atoms with Gasteiger partial charge in [0.15, 0.2) is 17.6 Å². The van der Waals surface area contributed by atoms with E-state index in [-0.39, 0.29) is 6.54 Å². The molecular formula is C11H14ClNO3. The first-order valence-corrected chi connectivity index (χ1v) is 5.47. The van der Waals surface area contributed by atoms with E-state index in [0.717, 1.165) is 5.56 Å². The Morgan fingerprint density at radius 3 is 3.00 bits per heavy atom. The van der Waals surface area contributed by atoms with E-state index in [4.69, 9.17) is 26.8 Å². The molecule has 4 nitrogen and oxygen atoms in total. The lowest BCUT2D eigenvalue weighted by Gasteiger charge is -2.29. The second-order valence-electron chi connectivity index (χ2n) is 3.82. The van der Waals surface area contributed by atoms with E-state index < -0.39 is 12.2 Å². The molecule has 16 heavy (non-hydrogen) atoms. The number of halogens is 1. The molecule has 0 spiro atoms. The Hall–Kier alpha value is -0.970. The van der Waals surface area contributed by atoms with Gasteiger partial charge in [-0.1, -0.05) is 11.6 Å². The summed E-state index contributed by atoms with van der Waals surface area (Å²) in [4.78, 5) is 0. The minimum Gasteiger partial charge on any atom is -0.486 e. The average molecular weight is 244 g/mol. The average Bonchev–Trinajstić information content (AvgIpc) is 2.29. The van der Waals surface area contributed by atoms with E-state index in [9.17, 15) is 5.11 Å². The van der Waals surface area contributed by atoms with Crippen LogP contribution in [-0.4, -0.2) is 30.5 Å². The molecule has 2 rings (SSSR count). The Morgan fingerprint density at radius 1 is 1.56 bits per heavy atom. The number of aliphatic hydroxyl groups is 1. The van der Waals surface area contributed by atoms with Crippen LogP contribution in [0.25, 0.3) is 0 Å². The Bertz CT molecular complexity index is 397. The summed E-state index contributed by atoms with van der Waals surface area (Å²) in [5.41, 5.74) is 6.30. The van der Waals surface area contributed by atoms with Crippen LogP contribution in [0.4, 0.5) is 0 Å². The van der Waals surface area contributed by atoms with Gasteiger partial charge in [-0.05, 0) is 18.6 Å². The zero-order valence-corrected chi connectivity index (χ0v) is 9.70. The first-order chi connectivity index (χ1) is 7.61. The number of fused-ring (bicyclic) bond motifs is 1. The largest absolute Gasteiger partial charge is 0.486 e. The van der Waals surface area contributed by atoms with Crippen LogP contribution in [0.5, 0.6) is 11.5 Å². The molecule has 0 fully saturated rings. The monoisotopic (exact) mass is 243 g/mol. The van der Waals surface area contributed by atoms with Crippen molar-refractivity contribution < 1.29 is 14.6 Å². The molecule has 0 bridgehead atoms. The zero-order valence-electron chi connectivity index (χ0n) is 8.94. The molecule has 0 saturated carbocycles. The summed E-state index contributed by atoms with van der Waals surface area (Å²) in [6.07, 6.45) is -1.16. The third kappa shape index (κ3) is 2.09. The summed E-state index contributed by atoms with van der Waals surface area (Å²) < 4.78 is 11.1. The fourth-order valence-corrected chi connectivity index (χ4v) is 1.71. The topological polar surface area (TPSA) is 64.7 Å². The third-order valence-corrected chi connectivity index (χ3v) is 2.98. The van der Waals surface area contributed by atoms with Gasteiger partial charge in [0.25, 0.3) is 0 Å². The van der Waals surface area contributed by atoms with Gasteiger partial charge >= 0.3 is 0 Å². The lowest BCUT2D eigenvalue weighted by atomic mass is 10.1. The summed E-state index contributed by atoms with van der Waals surface area (Å²) in [7, 11) is 0. The highest BCUT2D eigenvalue weighted by molar-refractivity contribution is 6.31. The molecule has 3 N–H and O–H groups in total. The van der Waals surface area contributed by atoms with Gasteiger partial charge in [-0.15, -0.1) is 0 Å². The van der Waals surface area contributed by atoms with E-state index >= 15 is 0 Å². The molecule has 1 aliphatic rings. The lowest BCUT2D eigenvalue weighted by molar-refractivity contribution is -0.00533. The number of aryl methyl sites for hydroxylation is 1. The zero-order chi connectivity index (χ0) is 11.7. The summed E-state index contributed by atoms with van der Waals surface area (Å²) in [6.45, 7) is 2.34. The van der Waals surface area contributed by atoms with Crippen LogP contribution in [-0.2, 0) is 0 Å². The van der Waals surface area contributed by atoms with Gasteiger partial charge in [0.05, 0.1) is 0 Å². The molecule has 88 valence electrons. The van der Waals surface area contributed by atoms with E-state index in [1.165, 1.54) is 0 Å². The normalized spacial score (nSPS) is 20.6. The van der Waals surface area contributed by atoms with E-state index in [0.29, 0.717) is 23.1 Å². The van der Waals surface area contributed by atoms with Crippen molar-refractivity contribution in [1.29, 1.82) is 0 Å². The lowest BCUT2D eigenvalue weighted by Crippen LogP contribution is -2.43. The van der Waals surface area contributed by atoms with Crippen LogP contribution in [0, 0.1) is 6.92 Å². The first-order valence-electron chi connectivity index (χ1n) is 5.09. The fourth-order valence-electron chi connectivity index (χ4n) is 1.55. The van der Waals surface area contributed by atoms with E-state index in [2.05, 4.69) is 0 Å². The Morgan fingerprint density at radius 2 is 2.31 bits per heavy atom. The smallest absolute Gasteiger partial charge is 0.163 e.